The number of alkyl halides is 3. The molecule has 0 aliphatic rings. The van der Waals surface area contributed by atoms with Gasteiger partial charge in [0, 0.05) is 36.8 Å². The highest BCUT2D eigenvalue weighted by atomic mass is 19.4. The quantitative estimate of drug-likeness (QED) is 0.124. The smallest absolute Gasteiger partial charge is 0.445 e. The minimum Gasteiger partial charge on any atom is -0.445 e. The molecule has 0 aliphatic carbocycles. The number of carbonyl (C=O) groups is 4. The summed E-state index contributed by atoms with van der Waals surface area (Å²) in [6.07, 6.45) is -2.63. The third-order valence-electron chi connectivity index (χ3n) is 6.10. The van der Waals surface area contributed by atoms with Gasteiger partial charge in [-0.25, -0.2) is 19.4 Å². The molecule has 2 heterocycles. The number of nitrogens with one attached hydrogen (secondary N) is 3. The predicted molar refractivity (Wildman–Crippen MR) is 150 cm³/mol. The van der Waals surface area contributed by atoms with Crippen LogP contribution in [-0.4, -0.2) is 64.0 Å². The molecule has 4 rings (SSSR count). The lowest BCUT2D eigenvalue weighted by Gasteiger charge is -2.18. The fourth-order valence-electron chi connectivity index (χ4n) is 3.94. The number of rotatable bonds is 12. The van der Waals surface area contributed by atoms with Gasteiger partial charge in [0.2, 0.25) is 0 Å². The van der Waals surface area contributed by atoms with Crippen LogP contribution < -0.4 is 16.0 Å². The van der Waals surface area contributed by atoms with Crippen LogP contribution in [0.15, 0.2) is 79.1 Å². The number of pyridine rings is 1. The summed E-state index contributed by atoms with van der Waals surface area (Å²) in [6.45, 7) is 0.326. The number of aryl methyl sites for hydroxylation is 1. The van der Waals surface area contributed by atoms with Gasteiger partial charge in [-0.2, -0.15) is 18.3 Å². The van der Waals surface area contributed by atoms with Gasteiger partial charge in [0.25, 0.3) is 5.91 Å². The number of aromatic nitrogens is 3. The Morgan fingerprint density at radius 1 is 0.977 bits per heavy atom. The maximum Gasteiger partial charge on any atom is 0.491 e. The number of nitrogens with zero attached hydrogens (tertiary/aromatic N) is 3. The van der Waals surface area contributed by atoms with E-state index in [1.165, 1.54) is 6.07 Å². The average molecular weight is 613 g/mol. The molecule has 0 spiro atoms. The fraction of sp³-hybridized carbons (Fsp3) is 0.241. The number of carbonyl (C=O) groups excluding carboxylic acids is 4. The van der Waals surface area contributed by atoms with Gasteiger partial charge in [0.1, 0.15) is 18.5 Å². The lowest BCUT2D eigenvalue weighted by Crippen LogP contribution is -2.50. The molecule has 12 nitrogen and oxygen atoms in total. The van der Waals surface area contributed by atoms with Crippen LogP contribution >= 0.6 is 0 Å². The highest BCUT2D eigenvalue weighted by molar-refractivity contribution is 5.98. The monoisotopic (exact) mass is 612 g/mol. The highest BCUT2D eigenvalue weighted by Gasteiger charge is 2.43. The molecule has 230 valence electrons. The van der Waals surface area contributed by atoms with E-state index in [0.717, 1.165) is 17.8 Å². The number of fused-ring (bicyclic) bond motifs is 1. The van der Waals surface area contributed by atoms with Crippen molar-refractivity contribution in [2.24, 2.45) is 0 Å². The van der Waals surface area contributed by atoms with E-state index in [1.807, 2.05) is 23.5 Å². The fourth-order valence-corrected chi connectivity index (χ4v) is 3.94. The number of esters is 2. The molecule has 0 saturated heterocycles. The van der Waals surface area contributed by atoms with Crippen molar-refractivity contribution in [2.45, 2.75) is 31.8 Å². The number of halogens is 3. The summed E-state index contributed by atoms with van der Waals surface area (Å²) in [5, 5.41) is 12.6. The molecule has 0 saturated carbocycles. The molecule has 15 heteroatoms. The Morgan fingerprint density at radius 3 is 2.48 bits per heavy atom. The van der Waals surface area contributed by atoms with Gasteiger partial charge in [0.15, 0.2) is 0 Å². The third-order valence-corrected chi connectivity index (χ3v) is 6.10. The van der Waals surface area contributed by atoms with Gasteiger partial charge in [-0.3, -0.25) is 9.48 Å². The summed E-state index contributed by atoms with van der Waals surface area (Å²) in [4.78, 5) is 52.9. The Balaban J connectivity index is 1.35. The van der Waals surface area contributed by atoms with Crippen molar-refractivity contribution in [3.05, 3.63) is 90.3 Å². The number of anilines is 1. The maximum absolute atomic E-state index is 12.9. The summed E-state index contributed by atoms with van der Waals surface area (Å²) in [7, 11) is 0. The van der Waals surface area contributed by atoms with E-state index in [9.17, 15) is 32.3 Å². The lowest BCUT2D eigenvalue weighted by atomic mass is 10.1. The van der Waals surface area contributed by atoms with Crippen LogP contribution in [0, 0.1) is 0 Å². The minimum absolute atomic E-state index is 0.152. The first-order valence-corrected chi connectivity index (χ1v) is 13.3. The van der Waals surface area contributed by atoms with E-state index in [-0.39, 0.29) is 12.2 Å². The van der Waals surface area contributed by atoms with Crippen LogP contribution in [0.1, 0.15) is 22.3 Å². The Morgan fingerprint density at radius 2 is 1.75 bits per heavy atom. The van der Waals surface area contributed by atoms with Crippen LogP contribution in [0.25, 0.3) is 10.9 Å². The second-order valence-electron chi connectivity index (χ2n) is 9.31. The van der Waals surface area contributed by atoms with Crippen LogP contribution in [0.5, 0.6) is 0 Å². The zero-order chi connectivity index (χ0) is 31.5. The standard InChI is InChI=1S/C29H27F3N6O6/c30-29(31,32)27(41)44-26(40)22(37-28(42)43-18-19-7-2-1-3-8-19)17-35-25(39)20-10-11-23-21(15-20)16-36-38(23)14-6-13-34-24-9-4-5-12-33-24/h1-5,7-12,15-16,22H,6,13-14,17-18H2,(H,33,34)(H,35,39)(H,37,42)/t22-/m0/s1. The molecular weight excluding hydrogens is 585 g/mol. The second kappa shape index (κ2) is 14.6. The summed E-state index contributed by atoms with van der Waals surface area (Å²) in [5.41, 5.74) is 1.51. The van der Waals surface area contributed by atoms with E-state index in [2.05, 4.69) is 25.5 Å². The highest BCUT2D eigenvalue weighted by Crippen LogP contribution is 2.18. The lowest BCUT2D eigenvalue weighted by molar-refractivity contribution is -0.202. The Labute approximate surface area is 248 Å². The molecule has 0 radical (unpaired) electrons. The van der Waals surface area contributed by atoms with Crippen molar-refractivity contribution in [3.8, 4) is 0 Å². The molecule has 3 N–H and O–H groups in total. The largest absolute Gasteiger partial charge is 0.491 e. The van der Waals surface area contributed by atoms with Crippen LogP contribution in [0.4, 0.5) is 23.8 Å². The van der Waals surface area contributed by atoms with Gasteiger partial charge in [0.05, 0.1) is 11.7 Å². The number of hydrogen-bond donors (Lipinski definition) is 3. The zero-order valence-electron chi connectivity index (χ0n) is 23.0. The maximum atomic E-state index is 12.9. The van der Waals surface area contributed by atoms with Gasteiger partial charge < -0.3 is 25.4 Å². The molecule has 2 aromatic carbocycles. The van der Waals surface area contributed by atoms with Gasteiger partial charge in [-0.05, 0) is 42.3 Å². The number of amides is 2. The molecule has 2 aromatic heterocycles. The Hall–Kier alpha value is -5.47. The molecule has 0 unspecified atom stereocenters. The summed E-state index contributed by atoms with van der Waals surface area (Å²) in [6, 6.07) is 16.8. The minimum atomic E-state index is -5.45. The van der Waals surface area contributed by atoms with Crippen molar-refractivity contribution < 1.29 is 41.8 Å². The Kier molecular flexibility index (Phi) is 10.5. The number of hydrogen-bond acceptors (Lipinski definition) is 9. The van der Waals surface area contributed by atoms with E-state index in [1.54, 1.807) is 59.5 Å². The predicted octanol–water partition coefficient (Wildman–Crippen LogP) is 3.59. The number of benzene rings is 2. The third kappa shape index (κ3) is 9.01. The normalized spacial score (nSPS) is 11.8. The SMILES string of the molecule is O=C(N[C@@H](CNC(=O)c1ccc2c(cnn2CCCNc2ccccn2)c1)C(=O)OC(=O)C(F)(F)F)OCc1ccccc1. The number of alkyl carbamates (subject to hydrolysis) is 1. The van der Waals surface area contributed by atoms with Gasteiger partial charge in [-0.15, -0.1) is 0 Å². The van der Waals surface area contributed by atoms with Crippen molar-refractivity contribution in [2.75, 3.05) is 18.4 Å². The first kappa shape index (κ1) is 31.5. The van der Waals surface area contributed by atoms with Crippen LogP contribution in [0.3, 0.4) is 0 Å². The van der Waals surface area contributed by atoms with E-state index < -0.39 is 42.7 Å². The molecule has 0 aliphatic heterocycles. The average Bonchev–Trinajstić information content (AvgIpc) is 3.42. The van der Waals surface area contributed by atoms with E-state index in [4.69, 9.17) is 4.74 Å². The molecule has 1 atom stereocenters. The van der Waals surface area contributed by atoms with Crippen molar-refractivity contribution in [3.63, 3.8) is 0 Å². The zero-order valence-corrected chi connectivity index (χ0v) is 23.0. The summed E-state index contributed by atoms with van der Waals surface area (Å²) < 4.78 is 48.6. The van der Waals surface area contributed by atoms with Crippen molar-refractivity contribution in [1.82, 2.24) is 25.4 Å². The summed E-state index contributed by atoms with van der Waals surface area (Å²) >= 11 is 0. The Bertz CT molecular complexity index is 1600. The second-order valence-corrected chi connectivity index (χ2v) is 9.31. The molecule has 4 aromatic rings. The molecule has 0 fully saturated rings. The molecule has 2 amide bonds. The van der Waals surface area contributed by atoms with Crippen molar-refractivity contribution >= 4 is 40.7 Å². The molecule has 0 bridgehead atoms. The van der Waals surface area contributed by atoms with Crippen molar-refractivity contribution in [1.29, 1.82) is 0 Å². The first-order valence-electron chi connectivity index (χ1n) is 13.3. The van der Waals surface area contributed by atoms with Crippen LogP contribution in [-0.2, 0) is 32.2 Å². The first-order chi connectivity index (χ1) is 21.1. The summed E-state index contributed by atoms with van der Waals surface area (Å²) in [5.74, 6) is -4.46. The number of ether oxygens (including phenoxy) is 2. The van der Waals surface area contributed by atoms with Gasteiger partial charge >= 0.3 is 24.2 Å². The topological polar surface area (TPSA) is 154 Å². The van der Waals surface area contributed by atoms with E-state index >= 15 is 0 Å². The van der Waals surface area contributed by atoms with Gasteiger partial charge in [-0.1, -0.05) is 36.4 Å². The van der Waals surface area contributed by atoms with Crippen LogP contribution in [0.2, 0.25) is 0 Å². The molecular formula is C29H27F3N6O6. The van der Waals surface area contributed by atoms with E-state index in [0.29, 0.717) is 24.0 Å². The molecule has 44 heavy (non-hydrogen) atoms.